The quantitative estimate of drug-likeness (QED) is 0.615. The van der Waals surface area contributed by atoms with Crippen LogP contribution in [0.4, 0.5) is 5.69 Å². The Morgan fingerprint density at radius 3 is 2.39 bits per heavy atom. The second-order valence-electron chi connectivity index (χ2n) is 8.19. The minimum absolute atomic E-state index is 0.0731. The summed E-state index contributed by atoms with van der Waals surface area (Å²) < 4.78 is 38.2. The van der Waals surface area contributed by atoms with Gasteiger partial charge in [-0.2, -0.15) is 4.31 Å². The average molecular weight is 475 g/mol. The largest absolute Gasteiger partial charge is 0.495 e. The van der Waals surface area contributed by atoms with Gasteiger partial charge in [-0.25, -0.2) is 13.2 Å². The molecule has 1 amide bonds. The van der Waals surface area contributed by atoms with Gasteiger partial charge in [0.05, 0.1) is 23.3 Å². The van der Waals surface area contributed by atoms with Crippen molar-refractivity contribution in [3.63, 3.8) is 0 Å². The van der Waals surface area contributed by atoms with E-state index in [4.69, 9.17) is 9.47 Å². The summed E-state index contributed by atoms with van der Waals surface area (Å²) in [5.74, 6) is -0.817. The van der Waals surface area contributed by atoms with Crippen LogP contribution in [0.15, 0.2) is 41.3 Å². The third-order valence-electron chi connectivity index (χ3n) is 5.62. The van der Waals surface area contributed by atoms with Gasteiger partial charge in [-0.15, -0.1) is 0 Å². The third-order valence-corrected chi connectivity index (χ3v) is 7.66. The standard InChI is InChI=1S/C24H30N2O6S/c1-16-8-11-21(31-4)20(14-16)25-23(27)18(3)32-24(28)19-10-9-17(2)22(15-19)33(29,30)26-12-6-5-7-13-26/h8-11,14-15,18H,5-7,12-13H2,1-4H3,(H,25,27). The molecule has 1 N–H and O–H groups in total. The number of amides is 1. The van der Waals surface area contributed by atoms with E-state index in [9.17, 15) is 18.0 Å². The van der Waals surface area contributed by atoms with Crippen molar-refractivity contribution in [3.8, 4) is 5.75 Å². The van der Waals surface area contributed by atoms with E-state index in [-0.39, 0.29) is 10.5 Å². The molecule has 3 rings (SSSR count). The maximum atomic E-state index is 13.1. The highest BCUT2D eigenvalue weighted by atomic mass is 32.2. The van der Waals surface area contributed by atoms with Crippen molar-refractivity contribution in [3.05, 3.63) is 53.1 Å². The maximum absolute atomic E-state index is 13.1. The van der Waals surface area contributed by atoms with Crippen LogP contribution >= 0.6 is 0 Å². The molecule has 0 aromatic heterocycles. The van der Waals surface area contributed by atoms with Crippen molar-refractivity contribution < 1.29 is 27.5 Å². The van der Waals surface area contributed by atoms with E-state index in [0.29, 0.717) is 30.1 Å². The van der Waals surface area contributed by atoms with Crippen LogP contribution in [0.3, 0.4) is 0 Å². The van der Waals surface area contributed by atoms with E-state index < -0.39 is 28.0 Å². The second-order valence-corrected chi connectivity index (χ2v) is 10.1. The molecule has 1 aliphatic rings. The first kappa shape index (κ1) is 24.7. The summed E-state index contributed by atoms with van der Waals surface area (Å²) in [7, 11) is -2.22. The number of sulfonamides is 1. The highest BCUT2D eigenvalue weighted by Gasteiger charge is 2.29. The number of nitrogens with zero attached hydrogens (tertiary/aromatic N) is 1. The van der Waals surface area contributed by atoms with Crippen molar-refractivity contribution in [1.82, 2.24) is 4.31 Å². The van der Waals surface area contributed by atoms with Crippen LogP contribution in [0.1, 0.15) is 47.7 Å². The van der Waals surface area contributed by atoms with Gasteiger partial charge in [0.1, 0.15) is 5.75 Å². The van der Waals surface area contributed by atoms with Crippen LogP contribution in [0, 0.1) is 13.8 Å². The van der Waals surface area contributed by atoms with E-state index >= 15 is 0 Å². The summed E-state index contributed by atoms with van der Waals surface area (Å²) in [5, 5.41) is 2.70. The normalized spacial score (nSPS) is 15.5. The summed E-state index contributed by atoms with van der Waals surface area (Å²) in [6.45, 7) is 5.96. The highest BCUT2D eigenvalue weighted by molar-refractivity contribution is 7.89. The van der Waals surface area contributed by atoms with Gasteiger partial charge in [0, 0.05) is 13.1 Å². The number of piperidine rings is 1. The molecule has 8 nitrogen and oxygen atoms in total. The number of methoxy groups -OCH3 is 1. The van der Waals surface area contributed by atoms with Crippen molar-refractivity contribution in [2.45, 2.75) is 51.0 Å². The smallest absolute Gasteiger partial charge is 0.338 e. The zero-order chi connectivity index (χ0) is 24.2. The first-order chi connectivity index (χ1) is 15.6. The van der Waals surface area contributed by atoms with Crippen LogP contribution in [-0.4, -0.2) is 50.9 Å². The molecule has 178 valence electrons. The molecule has 1 fully saturated rings. The number of esters is 1. The van der Waals surface area contributed by atoms with Crippen LogP contribution in [-0.2, 0) is 19.6 Å². The van der Waals surface area contributed by atoms with E-state index in [1.54, 1.807) is 25.1 Å². The van der Waals surface area contributed by atoms with Crippen molar-refractivity contribution >= 4 is 27.6 Å². The predicted molar refractivity (Wildman–Crippen MR) is 125 cm³/mol. The molecular weight excluding hydrogens is 444 g/mol. The molecule has 2 aromatic rings. The number of ether oxygens (including phenoxy) is 2. The molecule has 9 heteroatoms. The van der Waals surface area contributed by atoms with Crippen molar-refractivity contribution in [2.24, 2.45) is 0 Å². The third kappa shape index (κ3) is 5.72. The predicted octanol–water partition coefficient (Wildman–Crippen LogP) is 3.67. The highest BCUT2D eigenvalue weighted by Crippen LogP contribution is 2.26. The SMILES string of the molecule is COc1ccc(C)cc1NC(=O)C(C)OC(=O)c1ccc(C)c(S(=O)(=O)N2CCCCC2)c1. The molecule has 1 atom stereocenters. The van der Waals surface area contributed by atoms with E-state index in [1.165, 1.54) is 30.5 Å². The van der Waals surface area contributed by atoms with Gasteiger partial charge in [0.15, 0.2) is 6.10 Å². The first-order valence-electron chi connectivity index (χ1n) is 10.9. The minimum atomic E-state index is -3.71. The number of nitrogens with one attached hydrogen (secondary N) is 1. The Morgan fingerprint density at radius 2 is 1.73 bits per heavy atom. The summed E-state index contributed by atoms with van der Waals surface area (Å²) in [5.41, 5.74) is 2.02. The summed E-state index contributed by atoms with van der Waals surface area (Å²) in [6.07, 6.45) is 1.54. The van der Waals surface area contributed by atoms with Gasteiger partial charge in [0.25, 0.3) is 5.91 Å². The molecule has 1 unspecified atom stereocenters. The molecule has 0 bridgehead atoms. The molecule has 1 aliphatic heterocycles. The fourth-order valence-electron chi connectivity index (χ4n) is 3.69. The molecule has 1 saturated heterocycles. The Kier molecular flexibility index (Phi) is 7.76. The van der Waals surface area contributed by atoms with Gasteiger partial charge in [0.2, 0.25) is 10.0 Å². The number of rotatable bonds is 7. The van der Waals surface area contributed by atoms with Crippen LogP contribution in [0.25, 0.3) is 0 Å². The second kappa shape index (κ2) is 10.4. The lowest BCUT2D eigenvalue weighted by Gasteiger charge is -2.26. The average Bonchev–Trinajstić information content (AvgIpc) is 2.79. The van der Waals surface area contributed by atoms with Crippen molar-refractivity contribution in [1.29, 1.82) is 0 Å². The Bertz CT molecular complexity index is 1140. The number of hydrogen-bond donors (Lipinski definition) is 1. The number of carbonyl (C=O) groups is 2. The zero-order valence-corrected chi connectivity index (χ0v) is 20.2. The van der Waals surface area contributed by atoms with E-state index in [2.05, 4.69) is 5.32 Å². The van der Waals surface area contributed by atoms with Crippen LogP contribution in [0.2, 0.25) is 0 Å². The number of carbonyl (C=O) groups excluding carboxylic acids is 2. The Hall–Kier alpha value is -2.91. The fraction of sp³-hybridized carbons (Fsp3) is 0.417. The van der Waals surface area contributed by atoms with E-state index in [1.807, 2.05) is 13.0 Å². The molecular formula is C24H30N2O6S. The molecule has 0 aliphatic carbocycles. The van der Waals surface area contributed by atoms with Gasteiger partial charge < -0.3 is 14.8 Å². The topological polar surface area (TPSA) is 102 Å². The monoisotopic (exact) mass is 474 g/mol. The zero-order valence-electron chi connectivity index (χ0n) is 19.4. The lowest BCUT2D eigenvalue weighted by Crippen LogP contribution is -2.36. The molecule has 2 aromatic carbocycles. The minimum Gasteiger partial charge on any atom is -0.495 e. The van der Waals surface area contributed by atoms with Gasteiger partial charge in [-0.3, -0.25) is 4.79 Å². The fourth-order valence-corrected chi connectivity index (χ4v) is 5.45. The molecule has 0 spiro atoms. The van der Waals surface area contributed by atoms with Gasteiger partial charge in [-0.05, 0) is 69.0 Å². The van der Waals surface area contributed by atoms with Gasteiger partial charge >= 0.3 is 5.97 Å². The Balaban J connectivity index is 1.74. The lowest BCUT2D eigenvalue weighted by atomic mass is 10.1. The molecule has 0 saturated carbocycles. The lowest BCUT2D eigenvalue weighted by molar-refractivity contribution is -0.123. The summed E-state index contributed by atoms with van der Waals surface area (Å²) >= 11 is 0. The van der Waals surface area contributed by atoms with Crippen LogP contribution < -0.4 is 10.1 Å². The number of benzene rings is 2. The van der Waals surface area contributed by atoms with Crippen molar-refractivity contribution in [2.75, 3.05) is 25.5 Å². The summed E-state index contributed by atoms with van der Waals surface area (Å²) in [6, 6.07) is 9.75. The Labute approximate surface area is 194 Å². The summed E-state index contributed by atoms with van der Waals surface area (Å²) in [4.78, 5) is 25.4. The maximum Gasteiger partial charge on any atom is 0.338 e. The van der Waals surface area contributed by atoms with Crippen LogP contribution in [0.5, 0.6) is 5.75 Å². The Morgan fingerprint density at radius 1 is 1.03 bits per heavy atom. The first-order valence-corrected chi connectivity index (χ1v) is 12.3. The molecule has 0 radical (unpaired) electrons. The molecule has 33 heavy (non-hydrogen) atoms. The van der Waals surface area contributed by atoms with Gasteiger partial charge in [-0.1, -0.05) is 18.6 Å². The van der Waals surface area contributed by atoms with E-state index in [0.717, 1.165) is 24.8 Å². The number of aryl methyl sites for hydroxylation is 2. The molecule has 1 heterocycles. The number of anilines is 1. The number of hydrogen-bond acceptors (Lipinski definition) is 6.